The minimum Gasteiger partial charge on any atom is -0.444 e. The van der Waals surface area contributed by atoms with Crippen LogP contribution in [-0.4, -0.2) is 65.9 Å². The van der Waals surface area contributed by atoms with E-state index in [1.807, 2.05) is 39.0 Å². The number of aliphatic hydroxyl groups excluding tert-OH is 1. The van der Waals surface area contributed by atoms with E-state index >= 15 is 0 Å². The monoisotopic (exact) mass is 348 g/mol. The fourth-order valence-electron chi connectivity index (χ4n) is 3.13. The Balaban J connectivity index is 1.69. The van der Waals surface area contributed by atoms with E-state index in [1.165, 1.54) is 5.56 Å². The number of carbonyl (C=O) groups excluding carboxylic acids is 1. The molecule has 0 spiro atoms. The van der Waals surface area contributed by atoms with E-state index in [9.17, 15) is 9.90 Å². The molecule has 1 aliphatic heterocycles. The van der Waals surface area contributed by atoms with Crippen molar-refractivity contribution in [2.24, 2.45) is 0 Å². The SMILES string of the molecule is CC(C)(C)OC(=O)N1CCN(CCCC(CO)c2ccccc2)CC1. The highest BCUT2D eigenvalue weighted by atomic mass is 16.6. The van der Waals surface area contributed by atoms with E-state index in [1.54, 1.807) is 4.90 Å². The van der Waals surface area contributed by atoms with Crippen molar-refractivity contribution >= 4 is 6.09 Å². The summed E-state index contributed by atoms with van der Waals surface area (Å²) in [6.07, 6.45) is 1.82. The number of benzene rings is 1. The molecular formula is C20H32N2O3. The average molecular weight is 348 g/mol. The summed E-state index contributed by atoms with van der Waals surface area (Å²) in [5, 5.41) is 9.63. The lowest BCUT2D eigenvalue weighted by Gasteiger charge is -2.35. The molecule has 140 valence electrons. The number of hydrogen-bond donors (Lipinski definition) is 1. The minimum atomic E-state index is -0.440. The van der Waals surface area contributed by atoms with Gasteiger partial charge in [-0.1, -0.05) is 30.3 Å². The lowest BCUT2D eigenvalue weighted by molar-refractivity contribution is 0.0143. The average Bonchev–Trinajstić information content (AvgIpc) is 2.58. The molecule has 2 rings (SSSR count). The second-order valence-corrected chi connectivity index (χ2v) is 7.74. The number of nitrogens with zero attached hydrogens (tertiary/aromatic N) is 2. The van der Waals surface area contributed by atoms with E-state index in [4.69, 9.17) is 4.74 Å². The summed E-state index contributed by atoms with van der Waals surface area (Å²) in [6.45, 7) is 10.1. The first-order valence-electron chi connectivity index (χ1n) is 9.25. The Morgan fingerprint density at radius 3 is 2.36 bits per heavy atom. The summed E-state index contributed by atoms with van der Waals surface area (Å²) in [5.74, 6) is 0.212. The van der Waals surface area contributed by atoms with E-state index in [0.29, 0.717) is 0 Å². The molecule has 1 aromatic rings. The Morgan fingerprint density at radius 1 is 1.16 bits per heavy atom. The predicted octanol–water partition coefficient (Wildman–Crippen LogP) is 3.10. The third kappa shape index (κ3) is 6.67. The van der Waals surface area contributed by atoms with E-state index in [0.717, 1.165) is 45.6 Å². The maximum Gasteiger partial charge on any atom is 0.410 e. The molecule has 1 amide bonds. The van der Waals surface area contributed by atoms with Crippen LogP contribution < -0.4 is 0 Å². The number of aliphatic hydroxyl groups is 1. The largest absolute Gasteiger partial charge is 0.444 e. The molecule has 1 saturated heterocycles. The molecule has 5 nitrogen and oxygen atoms in total. The van der Waals surface area contributed by atoms with Gasteiger partial charge in [0, 0.05) is 38.7 Å². The van der Waals surface area contributed by atoms with Crippen LogP contribution in [0.25, 0.3) is 0 Å². The number of ether oxygens (including phenoxy) is 1. The first-order chi connectivity index (χ1) is 11.9. The van der Waals surface area contributed by atoms with Gasteiger partial charge in [-0.3, -0.25) is 4.90 Å². The zero-order valence-corrected chi connectivity index (χ0v) is 15.8. The lowest BCUT2D eigenvalue weighted by Crippen LogP contribution is -2.50. The number of rotatable bonds is 6. The summed E-state index contributed by atoms with van der Waals surface area (Å²) in [5.41, 5.74) is 0.769. The first kappa shape index (κ1) is 19.7. The highest BCUT2D eigenvalue weighted by Gasteiger charge is 2.25. The maximum absolute atomic E-state index is 12.1. The molecule has 0 radical (unpaired) electrons. The van der Waals surface area contributed by atoms with Gasteiger partial charge in [0.05, 0.1) is 0 Å². The van der Waals surface area contributed by atoms with Gasteiger partial charge in [-0.15, -0.1) is 0 Å². The highest BCUT2D eigenvalue weighted by molar-refractivity contribution is 5.68. The summed E-state index contributed by atoms with van der Waals surface area (Å²) in [4.78, 5) is 16.3. The lowest BCUT2D eigenvalue weighted by atomic mass is 9.95. The summed E-state index contributed by atoms with van der Waals surface area (Å²) >= 11 is 0. The van der Waals surface area contributed by atoms with Gasteiger partial charge in [-0.25, -0.2) is 4.79 Å². The zero-order chi connectivity index (χ0) is 18.3. The van der Waals surface area contributed by atoms with Crippen molar-refractivity contribution in [1.82, 2.24) is 9.80 Å². The molecule has 0 aromatic heterocycles. The molecule has 1 aliphatic rings. The van der Waals surface area contributed by atoms with Crippen LogP contribution in [0.2, 0.25) is 0 Å². The van der Waals surface area contributed by atoms with E-state index < -0.39 is 5.60 Å². The minimum absolute atomic E-state index is 0.191. The van der Waals surface area contributed by atoms with E-state index in [-0.39, 0.29) is 18.6 Å². The van der Waals surface area contributed by atoms with Gasteiger partial charge in [0.25, 0.3) is 0 Å². The van der Waals surface area contributed by atoms with Gasteiger partial charge >= 0.3 is 6.09 Å². The van der Waals surface area contributed by atoms with Crippen LogP contribution in [0.1, 0.15) is 45.1 Å². The van der Waals surface area contributed by atoms with Crippen molar-refractivity contribution in [3.05, 3.63) is 35.9 Å². The second-order valence-electron chi connectivity index (χ2n) is 7.74. The standard InChI is InChI=1S/C20H32N2O3/c1-20(2,3)25-19(24)22-14-12-21(13-15-22)11-7-10-18(16-23)17-8-5-4-6-9-17/h4-6,8-9,18,23H,7,10-16H2,1-3H3. The molecule has 25 heavy (non-hydrogen) atoms. The normalized spacial score (nSPS) is 17.4. The molecule has 1 N–H and O–H groups in total. The van der Waals surface area contributed by atoms with Crippen LogP contribution in [0, 0.1) is 0 Å². The fraction of sp³-hybridized carbons (Fsp3) is 0.650. The molecule has 5 heteroatoms. The number of carbonyl (C=O) groups is 1. The van der Waals surface area contributed by atoms with Gasteiger partial charge in [-0.2, -0.15) is 0 Å². The van der Waals surface area contributed by atoms with Crippen molar-refractivity contribution in [2.75, 3.05) is 39.3 Å². The van der Waals surface area contributed by atoms with Crippen LogP contribution in [0.4, 0.5) is 4.79 Å². The van der Waals surface area contributed by atoms with Crippen molar-refractivity contribution in [3.8, 4) is 0 Å². The number of amides is 1. The van der Waals surface area contributed by atoms with Crippen LogP contribution >= 0.6 is 0 Å². The molecule has 0 saturated carbocycles. The molecule has 0 aliphatic carbocycles. The molecule has 1 fully saturated rings. The first-order valence-corrected chi connectivity index (χ1v) is 9.25. The van der Waals surface area contributed by atoms with Crippen molar-refractivity contribution in [2.45, 2.75) is 45.1 Å². The summed E-state index contributed by atoms with van der Waals surface area (Å²) < 4.78 is 5.43. The Kier molecular flexibility index (Phi) is 7.26. The molecule has 0 bridgehead atoms. The van der Waals surface area contributed by atoms with Gasteiger partial charge in [0.15, 0.2) is 0 Å². The second kappa shape index (κ2) is 9.20. The molecule has 1 heterocycles. The van der Waals surface area contributed by atoms with Crippen LogP contribution in [0.15, 0.2) is 30.3 Å². The zero-order valence-electron chi connectivity index (χ0n) is 15.8. The Morgan fingerprint density at radius 2 is 1.80 bits per heavy atom. The fourth-order valence-corrected chi connectivity index (χ4v) is 3.13. The quantitative estimate of drug-likeness (QED) is 0.858. The molecule has 1 atom stereocenters. The van der Waals surface area contributed by atoms with E-state index in [2.05, 4.69) is 17.0 Å². The predicted molar refractivity (Wildman–Crippen MR) is 99.7 cm³/mol. The molecular weight excluding hydrogens is 316 g/mol. The smallest absolute Gasteiger partial charge is 0.410 e. The topological polar surface area (TPSA) is 53.0 Å². The third-order valence-corrected chi connectivity index (χ3v) is 4.54. The summed E-state index contributed by atoms with van der Waals surface area (Å²) in [7, 11) is 0. The third-order valence-electron chi connectivity index (χ3n) is 4.54. The Labute approximate surface area is 151 Å². The van der Waals surface area contributed by atoms with Gasteiger partial charge in [0.2, 0.25) is 0 Å². The van der Waals surface area contributed by atoms with Crippen LogP contribution in [0.5, 0.6) is 0 Å². The summed E-state index contributed by atoms with van der Waals surface area (Å²) in [6, 6.07) is 10.2. The van der Waals surface area contributed by atoms with Gasteiger partial charge in [0.1, 0.15) is 5.60 Å². The van der Waals surface area contributed by atoms with Gasteiger partial charge in [-0.05, 0) is 45.7 Å². The molecule has 1 unspecified atom stereocenters. The Bertz CT molecular complexity index is 519. The highest BCUT2D eigenvalue weighted by Crippen LogP contribution is 2.21. The maximum atomic E-state index is 12.1. The van der Waals surface area contributed by atoms with Crippen LogP contribution in [0.3, 0.4) is 0 Å². The van der Waals surface area contributed by atoms with Crippen molar-refractivity contribution in [1.29, 1.82) is 0 Å². The van der Waals surface area contributed by atoms with Gasteiger partial charge < -0.3 is 14.7 Å². The van der Waals surface area contributed by atoms with Crippen molar-refractivity contribution < 1.29 is 14.6 Å². The van der Waals surface area contributed by atoms with Crippen molar-refractivity contribution in [3.63, 3.8) is 0 Å². The Hall–Kier alpha value is -1.59. The number of hydrogen-bond acceptors (Lipinski definition) is 4. The molecule has 1 aromatic carbocycles. The number of piperazine rings is 1. The van der Waals surface area contributed by atoms with Crippen LogP contribution in [-0.2, 0) is 4.74 Å².